The molecule has 3 nitrogen and oxygen atoms in total. The van der Waals surface area contributed by atoms with E-state index in [0.717, 1.165) is 0 Å². The number of hydrogen-bond donors (Lipinski definition) is 1. The third kappa shape index (κ3) is 7.97. The predicted octanol–water partition coefficient (Wildman–Crippen LogP) is 2.38. The Hall–Kier alpha value is -1.38. The molecular weight excluding hydrogens is 202 g/mol. The molecule has 1 rings (SSSR count). The van der Waals surface area contributed by atoms with E-state index in [-0.39, 0.29) is 18.1 Å². The molecule has 0 aliphatic heterocycles. The molecule has 0 fully saturated rings. The number of ketones is 1. The minimum absolute atomic E-state index is 0.00347. The van der Waals surface area contributed by atoms with Gasteiger partial charge in [-0.3, -0.25) is 9.59 Å². The Balaban J connectivity index is 0.000000281. The van der Waals surface area contributed by atoms with Crippen molar-refractivity contribution in [1.29, 1.82) is 0 Å². The lowest BCUT2D eigenvalue weighted by Crippen LogP contribution is -2.19. The Morgan fingerprint density at radius 2 is 2.06 bits per heavy atom. The van der Waals surface area contributed by atoms with E-state index >= 15 is 0 Å². The van der Waals surface area contributed by atoms with Crippen LogP contribution in [0.1, 0.15) is 39.5 Å². The fourth-order valence-corrected chi connectivity index (χ4v) is 1.24. The average Bonchev–Trinajstić information content (AvgIpc) is 2.30. The fraction of sp³-hybridized carbons (Fsp3) is 0.538. The van der Waals surface area contributed by atoms with Gasteiger partial charge in [-0.2, -0.15) is 0 Å². The number of rotatable bonds is 3. The maximum Gasteiger partial charge on any atom is 0.227 e. The third-order valence-corrected chi connectivity index (χ3v) is 2.17. The van der Waals surface area contributed by atoms with Crippen LogP contribution in [0.15, 0.2) is 23.8 Å². The van der Waals surface area contributed by atoms with Gasteiger partial charge in [0.25, 0.3) is 0 Å². The molecular formula is C13H21NO2. The number of carbonyl (C=O) groups is 2. The van der Waals surface area contributed by atoms with E-state index in [2.05, 4.69) is 30.5 Å². The van der Waals surface area contributed by atoms with Gasteiger partial charge >= 0.3 is 0 Å². The highest BCUT2D eigenvalue weighted by molar-refractivity contribution is 5.96. The van der Waals surface area contributed by atoms with E-state index in [0.29, 0.717) is 0 Å². The van der Waals surface area contributed by atoms with Crippen molar-refractivity contribution < 1.29 is 9.59 Å². The number of allylic oxidation sites excluding steroid dienone is 4. The first kappa shape index (κ1) is 14.6. The lowest BCUT2D eigenvalue weighted by atomic mass is 10.1. The summed E-state index contributed by atoms with van der Waals surface area (Å²) in [5.41, 5.74) is 1.50. The van der Waals surface area contributed by atoms with Crippen molar-refractivity contribution in [1.82, 2.24) is 5.32 Å². The Bertz CT molecular complexity index is 290. The highest BCUT2D eigenvalue weighted by Crippen LogP contribution is 2.11. The van der Waals surface area contributed by atoms with Crippen molar-refractivity contribution in [2.45, 2.75) is 39.5 Å². The predicted molar refractivity (Wildman–Crippen MR) is 66.1 cm³/mol. The lowest BCUT2D eigenvalue weighted by molar-refractivity contribution is -0.126. The number of nitrogens with one attached hydrogen (secondary N) is 1. The zero-order chi connectivity index (χ0) is 12.4. The molecule has 0 aromatic carbocycles. The normalized spacial score (nSPS) is 13.3. The van der Waals surface area contributed by atoms with Crippen molar-refractivity contribution >= 4 is 11.7 Å². The van der Waals surface area contributed by atoms with Crippen LogP contribution in [0, 0.1) is 0 Å². The lowest BCUT2D eigenvalue weighted by Gasteiger charge is -2.01. The molecule has 0 spiro atoms. The topological polar surface area (TPSA) is 46.2 Å². The summed E-state index contributed by atoms with van der Waals surface area (Å²) in [6, 6.07) is 0. The van der Waals surface area contributed by atoms with Gasteiger partial charge in [-0.1, -0.05) is 30.7 Å². The van der Waals surface area contributed by atoms with Gasteiger partial charge in [0, 0.05) is 7.05 Å². The Morgan fingerprint density at radius 1 is 1.38 bits per heavy atom. The van der Waals surface area contributed by atoms with Crippen molar-refractivity contribution in [3.05, 3.63) is 23.8 Å². The fourth-order valence-electron chi connectivity index (χ4n) is 1.24. The van der Waals surface area contributed by atoms with Crippen molar-refractivity contribution in [2.24, 2.45) is 0 Å². The smallest absolute Gasteiger partial charge is 0.227 e. The summed E-state index contributed by atoms with van der Waals surface area (Å²) < 4.78 is 0. The second-order valence-electron chi connectivity index (χ2n) is 3.66. The molecule has 1 aliphatic rings. The van der Waals surface area contributed by atoms with Gasteiger partial charge in [0.15, 0.2) is 0 Å². The van der Waals surface area contributed by atoms with E-state index in [1.165, 1.54) is 38.8 Å². The SMILES string of the molecule is CCC1=CCCC=C1.CNC(=O)CC(C)=O. The first-order valence-electron chi connectivity index (χ1n) is 5.65. The second kappa shape index (κ2) is 8.89. The van der Waals surface area contributed by atoms with Crippen molar-refractivity contribution in [3.63, 3.8) is 0 Å². The molecule has 0 unspecified atom stereocenters. The zero-order valence-corrected chi connectivity index (χ0v) is 10.4. The minimum Gasteiger partial charge on any atom is -0.359 e. The maximum absolute atomic E-state index is 10.3. The first-order chi connectivity index (χ1) is 7.60. The molecule has 0 atom stereocenters. The molecule has 0 saturated carbocycles. The molecule has 90 valence electrons. The summed E-state index contributed by atoms with van der Waals surface area (Å²) in [4.78, 5) is 20.4. The van der Waals surface area contributed by atoms with E-state index in [9.17, 15) is 9.59 Å². The monoisotopic (exact) mass is 223 g/mol. The zero-order valence-electron chi connectivity index (χ0n) is 10.4. The highest BCUT2D eigenvalue weighted by Gasteiger charge is 1.99. The maximum atomic E-state index is 10.3. The number of Topliss-reactive ketones (excluding diaryl/α,β-unsaturated/α-hetero) is 1. The molecule has 0 bridgehead atoms. The van der Waals surface area contributed by atoms with Gasteiger partial charge in [0.2, 0.25) is 5.91 Å². The van der Waals surface area contributed by atoms with Crippen LogP contribution in [0.2, 0.25) is 0 Å². The van der Waals surface area contributed by atoms with Gasteiger partial charge in [0.05, 0.1) is 6.42 Å². The first-order valence-corrected chi connectivity index (χ1v) is 5.65. The van der Waals surface area contributed by atoms with Gasteiger partial charge in [0.1, 0.15) is 5.78 Å². The molecule has 1 N–H and O–H groups in total. The van der Waals surface area contributed by atoms with Gasteiger partial charge in [-0.05, 0) is 26.2 Å². The molecule has 1 aliphatic carbocycles. The summed E-state index contributed by atoms with van der Waals surface area (Å²) >= 11 is 0. The van der Waals surface area contributed by atoms with Gasteiger partial charge in [-0.15, -0.1) is 0 Å². The van der Waals surface area contributed by atoms with Gasteiger partial charge in [-0.25, -0.2) is 0 Å². The van der Waals surface area contributed by atoms with Crippen LogP contribution in [-0.2, 0) is 9.59 Å². The number of amides is 1. The van der Waals surface area contributed by atoms with Crippen LogP contribution in [0.4, 0.5) is 0 Å². The molecule has 0 heterocycles. The highest BCUT2D eigenvalue weighted by atomic mass is 16.2. The van der Waals surface area contributed by atoms with Crippen LogP contribution in [0.3, 0.4) is 0 Å². The van der Waals surface area contributed by atoms with E-state index in [1.807, 2.05) is 0 Å². The van der Waals surface area contributed by atoms with Crippen molar-refractivity contribution in [3.8, 4) is 0 Å². The largest absolute Gasteiger partial charge is 0.359 e. The molecule has 0 radical (unpaired) electrons. The Morgan fingerprint density at radius 3 is 2.31 bits per heavy atom. The molecule has 0 aromatic heterocycles. The minimum atomic E-state index is -0.225. The Kier molecular flexibility index (Phi) is 8.12. The second-order valence-corrected chi connectivity index (χ2v) is 3.66. The summed E-state index contributed by atoms with van der Waals surface area (Å²) in [5, 5.41) is 2.34. The van der Waals surface area contributed by atoms with Crippen LogP contribution >= 0.6 is 0 Å². The van der Waals surface area contributed by atoms with Crippen LogP contribution in [0.5, 0.6) is 0 Å². The summed E-state index contributed by atoms with van der Waals surface area (Å²) in [6.07, 6.45) is 10.5. The number of hydrogen-bond acceptors (Lipinski definition) is 2. The van der Waals surface area contributed by atoms with Crippen LogP contribution < -0.4 is 5.32 Å². The van der Waals surface area contributed by atoms with Crippen LogP contribution in [0.25, 0.3) is 0 Å². The molecule has 16 heavy (non-hydrogen) atoms. The summed E-state index contributed by atoms with van der Waals surface area (Å²) in [5.74, 6) is -0.332. The summed E-state index contributed by atoms with van der Waals surface area (Å²) in [6.45, 7) is 3.58. The Labute approximate surface area is 97.6 Å². The third-order valence-electron chi connectivity index (χ3n) is 2.17. The molecule has 0 aromatic rings. The quantitative estimate of drug-likeness (QED) is 0.747. The van der Waals surface area contributed by atoms with Crippen molar-refractivity contribution in [2.75, 3.05) is 7.05 Å². The standard InChI is InChI=1S/C8H12.C5H9NO2/c1-2-8-6-4-3-5-7-8;1-4(7)3-5(8)6-2/h4,6-7H,2-3,5H2,1H3;3H2,1-2H3,(H,6,8). The van der Waals surface area contributed by atoms with Gasteiger partial charge < -0.3 is 5.32 Å². The number of carbonyl (C=O) groups excluding carboxylic acids is 2. The average molecular weight is 223 g/mol. The summed E-state index contributed by atoms with van der Waals surface area (Å²) in [7, 11) is 1.51. The van der Waals surface area contributed by atoms with E-state index < -0.39 is 0 Å². The molecule has 0 saturated heterocycles. The van der Waals surface area contributed by atoms with E-state index in [1.54, 1.807) is 0 Å². The van der Waals surface area contributed by atoms with E-state index in [4.69, 9.17) is 0 Å². The molecule has 3 heteroatoms. The van der Waals surface area contributed by atoms with Crippen LogP contribution in [-0.4, -0.2) is 18.7 Å². The molecule has 1 amide bonds.